The second-order valence-corrected chi connectivity index (χ2v) is 11.1. The smallest absolute Gasteiger partial charge is 0.407 e. The monoisotopic (exact) mass is 506 g/mol. The van der Waals surface area contributed by atoms with Crippen LogP contribution in [0.2, 0.25) is 0 Å². The van der Waals surface area contributed by atoms with Gasteiger partial charge in [0.2, 0.25) is 5.91 Å². The van der Waals surface area contributed by atoms with Crippen LogP contribution in [0, 0.1) is 5.92 Å². The van der Waals surface area contributed by atoms with Crippen molar-refractivity contribution in [2.45, 2.75) is 77.5 Å². The number of benzene rings is 2. The van der Waals surface area contributed by atoms with Crippen molar-refractivity contribution in [1.82, 2.24) is 10.2 Å². The lowest BCUT2D eigenvalue weighted by atomic mass is 9.97. The van der Waals surface area contributed by atoms with Gasteiger partial charge in [0.05, 0.1) is 0 Å². The Kier molecular flexibility index (Phi) is 7.90. The average Bonchev–Trinajstić information content (AvgIpc) is 3.48. The molecule has 7 nitrogen and oxygen atoms in total. The first kappa shape index (κ1) is 26.7. The first-order valence-corrected chi connectivity index (χ1v) is 13.3. The summed E-state index contributed by atoms with van der Waals surface area (Å²) in [6.45, 7) is 9.96. The summed E-state index contributed by atoms with van der Waals surface area (Å²) in [4.78, 5) is 40.9. The largest absolute Gasteiger partial charge is 0.458 e. The van der Waals surface area contributed by atoms with Crippen LogP contribution in [0.3, 0.4) is 0 Å². The van der Waals surface area contributed by atoms with Crippen LogP contribution in [0.4, 0.5) is 4.79 Å². The molecule has 0 spiro atoms. The summed E-state index contributed by atoms with van der Waals surface area (Å²) in [5.74, 6) is -0.863. The molecule has 0 bridgehead atoms. The summed E-state index contributed by atoms with van der Waals surface area (Å²) in [7, 11) is 0. The highest BCUT2D eigenvalue weighted by Crippen LogP contribution is 2.44. The van der Waals surface area contributed by atoms with Crippen molar-refractivity contribution in [3.05, 3.63) is 59.7 Å². The molecular weight excluding hydrogens is 468 g/mol. The lowest BCUT2D eigenvalue weighted by Crippen LogP contribution is -2.54. The van der Waals surface area contributed by atoms with E-state index in [2.05, 4.69) is 29.6 Å². The first-order chi connectivity index (χ1) is 17.6. The minimum absolute atomic E-state index is 0.0639. The number of amides is 2. The third-order valence-corrected chi connectivity index (χ3v) is 7.31. The number of hydrogen-bond donors (Lipinski definition) is 1. The zero-order valence-electron chi connectivity index (χ0n) is 22.5. The fourth-order valence-corrected chi connectivity index (χ4v) is 5.27. The maximum atomic E-state index is 13.6. The lowest BCUT2D eigenvalue weighted by molar-refractivity contribution is -0.163. The van der Waals surface area contributed by atoms with E-state index in [4.69, 9.17) is 9.47 Å². The van der Waals surface area contributed by atoms with E-state index in [1.807, 2.05) is 58.9 Å². The predicted octanol–water partition coefficient (Wildman–Crippen LogP) is 5.27. The van der Waals surface area contributed by atoms with Gasteiger partial charge in [-0.05, 0) is 61.8 Å². The summed E-state index contributed by atoms with van der Waals surface area (Å²) in [5, 5.41) is 2.82. The number of ether oxygens (including phenoxy) is 2. The van der Waals surface area contributed by atoms with Crippen LogP contribution in [-0.2, 0) is 19.1 Å². The summed E-state index contributed by atoms with van der Waals surface area (Å²) in [6, 6.07) is 14.9. The van der Waals surface area contributed by atoms with Crippen molar-refractivity contribution < 1.29 is 23.9 Å². The van der Waals surface area contributed by atoms with E-state index in [0.29, 0.717) is 25.8 Å². The topological polar surface area (TPSA) is 84.9 Å². The third-order valence-electron chi connectivity index (χ3n) is 7.31. The molecule has 2 amide bonds. The van der Waals surface area contributed by atoms with Crippen molar-refractivity contribution in [3.8, 4) is 11.1 Å². The molecule has 198 valence electrons. The Morgan fingerprint density at radius 3 is 2.19 bits per heavy atom. The molecule has 0 unspecified atom stereocenters. The average molecular weight is 507 g/mol. The van der Waals surface area contributed by atoms with Crippen LogP contribution < -0.4 is 5.32 Å². The van der Waals surface area contributed by atoms with Crippen LogP contribution in [0.25, 0.3) is 11.1 Å². The van der Waals surface area contributed by atoms with E-state index in [-0.39, 0.29) is 24.3 Å². The van der Waals surface area contributed by atoms with Gasteiger partial charge in [-0.15, -0.1) is 0 Å². The van der Waals surface area contributed by atoms with Gasteiger partial charge < -0.3 is 19.7 Å². The van der Waals surface area contributed by atoms with E-state index >= 15 is 0 Å². The fourth-order valence-electron chi connectivity index (χ4n) is 5.27. The zero-order valence-corrected chi connectivity index (χ0v) is 22.5. The van der Waals surface area contributed by atoms with Crippen molar-refractivity contribution in [2.75, 3.05) is 13.2 Å². The second-order valence-electron chi connectivity index (χ2n) is 11.1. The Morgan fingerprint density at radius 2 is 1.62 bits per heavy atom. The first-order valence-electron chi connectivity index (χ1n) is 13.3. The number of nitrogens with one attached hydrogen (secondary N) is 1. The molecule has 1 N–H and O–H groups in total. The highest BCUT2D eigenvalue weighted by Gasteiger charge is 2.41. The van der Waals surface area contributed by atoms with E-state index < -0.39 is 29.7 Å². The van der Waals surface area contributed by atoms with E-state index in [1.54, 1.807) is 4.90 Å². The third kappa shape index (κ3) is 5.81. The minimum atomic E-state index is -0.788. The van der Waals surface area contributed by atoms with Crippen LogP contribution >= 0.6 is 0 Å². The molecule has 0 radical (unpaired) electrons. The Morgan fingerprint density at radius 1 is 1.03 bits per heavy atom. The Balaban J connectivity index is 1.44. The van der Waals surface area contributed by atoms with Gasteiger partial charge in [0.1, 0.15) is 24.3 Å². The van der Waals surface area contributed by atoms with Gasteiger partial charge in [-0.1, -0.05) is 68.8 Å². The van der Waals surface area contributed by atoms with Crippen molar-refractivity contribution in [2.24, 2.45) is 5.92 Å². The van der Waals surface area contributed by atoms with Gasteiger partial charge >= 0.3 is 12.1 Å². The number of alkyl carbamates (subject to hydrolysis) is 1. The SMILES string of the molecule is CC[C@H](C)[C@H](NC(=O)OCC1c2ccccc2-c2ccccc21)C(=O)N1CCC[C@H]1C(=O)OC(C)(C)C. The number of esters is 1. The van der Waals surface area contributed by atoms with Gasteiger partial charge in [-0.25, -0.2) is 9.59 Å². The normalized spacial score (nSPS) is 18.5. The molecule has 1 aliphatic carbocycles. The summed E-state index contributed by atoms with van der Waals surface area (Å²) in [6.07, 6.45) is 1.33. The Bertz CT molecular complexity index is 1110. The van der Waals surface area contributed by atoms with Crippen molar-refractivity contribution in [3.63, 3.8) is 0 Å². The van der Waals surface area contributed by atoms with Crippen molar-refractivity contribution >= 4 is 18.0 Å². The van der Waals surface area contributed by atoms with Gasteiger partial charge in [-0.2, -0.15) is 0 Å². The molecule has 7 heteroatoms. The predicted molar refractivity (Wildman–Crippen MR) is 142 cm³/mol. The van der Waals surface area contributed by atoms with Gasteiger partial charge in [-0.3, -0.25) is 4.79 Å². The molecule has 1 saturated heterocycles. The number of carbonyl (C=O) groups excluding carboxylic acids is 3. The van der Waals surface area contributed by atoms with Crippen LogP contribution in [0.5, 0.6) is 0 Å². The van der Waals surface area contributed by atoms with Crippen molar-refractivity contribution in [1.29, 1.82) is 0 Å². The molecule has 1 heterocycles. The standard InChI is InChI=1S/C30H38N2O5/c1-6-19(2)26(27(33)32-17-11-16-25(32)28(34)37-30(3,4)5)31-29(35)36-18-24-22-14-9-7-12-20(22)21-13-8-10-15-23(21)24/h7-10,12-15,19,24-26H,6,11,16-18H2,1-5H3,(H,31,35)/t19-,25-,26-/m0/s1. The second kappa shape index (κ2) is 11.0. The number of carbonyl (C=O) groups is 3. The van der Waals surface area contributed by atoms with Crippen LogP contribution in [0.1, 0.15) is 70.9 Å². The quantitative estimate of drug-likeness (QED) is 0.517. The number of fused-ring (bicyclic) bond motifs is 3. The van der Waals surface area contributed by atoms with Gasteiger partial charge in [0, 0.05) is 12.5 Å². The molecule has 2 aromatic carbocycles. The maximum Gasteiger partial charge on any atom is 0.407 e. The molecular formula is C30H38N2O5. The molecule has 1 fully saturated rings. The van der Waals surface area contributed by atoms with Crippen LogP contribution in [0.15, 0.2) is 48.5 Å². The molecule has 3 atom stereocenters. The van der Waals surface area contributed by atoms with Crippen LogP contribution in [-0.4, -0.2) is 53.7 Å². The van der Waals surface area contributed by atoms with E-state index in [9.17, 15) is 14.4 Å². The number of likely N-dealkylation sites (tertiary alicyclic amines) is 1. The molecule has 2 aromatic rings. The van der Waals surface area contributed by atoms with Gasteiger partial charge in [0.25, 0.3) is 0 Å². The van der Waals surface area contributed by atoms with Gasteiger partial charge in [0.15, 0.2) is 0 Å². The number of nitrogens with zero attached hydrogens (tertiary/aromatic N) is 1. The lowest BCUT2D eigenvalue weighted by Gasteiger charge is -2.32. The summed E-state index contributed by atoms with van der Waals surface area (Å²) in [5.41, 5.74) is 3.93. The Hall–Kier alpha value is -3.35. The molecule has 0 aromatic heterocycles. The van der Waals surface area contributed by atoms with E-state index in [1.165, 1.54) is 0 Å². The molecule has 37 heavy (non-hydrogen) atoms. The summed E-state index contributed by atoms with van der Waals surface area (Å²) >= 11 is 0. The molecule has 4 rings (SSSR count). The van der Waals surface area contributed by atoms with E-state index in [0.717, 1.165) is 22.3 Å². The zero-order chi connectivity index (χ0) is 26.7. The number of rotatable bonds is 7. The summed E-state index contributed by atoms with van der Waals surface area (Å²) < 4.78 is 11.3. The fraction of sp³-hybridized carbons (Fsp3) is 0.500. The molecule has 2 aliphatic rings. The number of hydrogen-bond acceptors (Lipinski definition) is 5. The highest BCUT2D eigenvalue weighted by molar-refractivity contribution is 5.90. The Labute approximate surface area is 219 Å². The highest BCUT2D eigenvalue weighted by atomic mass is 16.6. The minimum Gasteiger partial charge on any atom is -0.458 e. The molecule has 0 saturated carbocycles. The maximum absolute atomic E-state index is 13.6. The molecule has 1 aliphatic heterocycles.